The van der Waals surface area contributed by atoms with Crippen LogP contribution in [0.4, 0.5) is 4.39 Å². The van der Waals surface area contributed by atoms with E-state index in [1.807, 2.05) is 11.9 Å². The zero-order valence-corrected chi connectivity index (χ0v) is 13.6. The fraction of sp³-hybridized carbons (Fsp3) is 0.600. The lowest BCUT2D eigenvalue weighted by Gasteiger charge is -2.23. The van der Waals surface area contributed by atoms with Crippen molar-refractivity contribution in [2.45, 2.75) is 24.6 Å². The van der Waals surface area contributed by atoms with Gasteiger partial charge in [0.1, 0.15) is 5.82 Å². The molecule has 2 rings (SSSR count). The van der Waals surface area contributed by atoms with Crippen molar-refractivity contribution in [1.82, 2.24) is 9.62 Å². The van der Waals surface area contributed by atoms with Crippen LogP contribution in [0.5, 0.6) is 0 Å². The lowest BCUT2D eigenvalue weighted by atomic mass is 10.2. The molecule has 0 saturated carbocycles. The highest BCUT2D eigenvalue weighted by atomic mass is 32.2. The number of ether oxygens (including phenoxy) is 1. The standard InChI is InChI=1S/C15H23FN2O3S/c1-18(12-13-2-4-14(16)5-3-13)9-8-17-22(19,20)15-6-10-21-11-7-15/h2-5,15,17H,6-12H2,1H3. The number of rotatable bonds is 7. The minimum atomic E-state index is -3.26. The summed E-state index contributed by atoms with van der Waals surface area (Å²) in [5.74, 6) is -0.254. The molecule has 0 unspecified atom stereocenters. The van der Waals surface area contributed by atoms with Gasteiger partial charge in [0.2, 0.25) is 10.0 Å². The van der Waals surface area contributed by atoms with Gasteiger partial charge in [0.25, 0.3) is 0 Å². The monoisotopic (exact) mass is 330 g/mol. The molecular weight excluding hydrogens is 307 g/mol. The Hall–Kier alpha value is -1.02. The van der Waals surface area contributed by atoms with Crippen molar-refractivity contribution in [2.24, 2.45) is 0 Å². The topological polar surface area (TPSA) is 58.6 Å². The van der Waals surface area contributed by atoms with Gasteiger partial charge in [0.15, 0.2) is 0 Å². The van der Waals surface area contributed by atoms with Crippen LogP contribution in [-0.2, 0) is 21.3 Å². The lowest BCUT2D eigenvalue weighted by Crippen LogP contribution is -2.40. The Kier molecular flexibility index (Phi) is 6.31. The van der Waals surface area contributed by atoms with Crippen LogP contribution in [0.1, 0.15) is 18.4 Å². The van der Waals surface area contributed by atoms with Gasteiger partial charge in [-0.1, -0.05) is 12.1 Å². The van der Waals surface area contributed by atoms with Crippen molar-refractivity contribution in [3.63, 3.8) is 0 Å². The summed E-state index contributed by atoms with van der Waals surface area (Å²) in [6, 6.07) is 6.32. The van der Waals surface area contributed by atoms with E-state index in [2.05, 4.69) is 4.72 Å². The van der Waals surface area contributed by atoms with Crippen LogP contribution in [0.15, 0.2) is 24.3 Å². The van der Waals surface area contributed by atoms with Crippen molar-refractivity contribution in [3.8, 4) is 0 Å². The predicted octanol–water partition coefficient (Wildman–Crippen LogP) is 1.36. The van der Waals surface area contributed by atoms with Gasteiger partial charge in [-0.2, -0.15) is 0 Å². The van der Waals surface area contributed by atoms with E-state index in [1.165, 1.54) is 12.1 Å². The smallest absolute Gasteiger partial charge is 0.214 e. The third-order valence-corrected chi connectivity index (χ3v) is 5.73. The molecule has 0 atom stereocenters. The third-order valence-electron chi connectivity index (χ3n) is 3.77. The van der Waals surface area contributed by atoms with Crippen LogP contribution < -0.4 is 4.72 Å². The number of nitrogens with one attached hydrogen (secondary N) is 1. The molecule has 7 heteroatoms. The summed E-state index contributed by atoms with van der Waals surface area (Å²) in [4.78, 5) is 2.00. The van der Waals surface area contributed by atoms with Gasteiger partial charge in [0.05, 0.1) is 5.25 Å². The summed E-state index contributed by atoms with van der Waals surface area (Å²) in [5.41, 5.74) is 0.996. The second-order valence-electron chi connectivity index (χ2n) is 5.62. The van der Waals surface area contributed by atoms with Gasteiger partial charge >= 0.3 is 0 Å². The zero-order chi connectivity index (χ0) is 16.0. The Morgan fingerprint density at radius 3 is 2.55 bits per heavy atom. The molecule has 1 aliphatic heterocycles. The van der Waals surface area contributed by atoms with Gasteiger partial charge in [-0.05, 0) is 37.6 Å². The first-order chi connectivity index (χ1) is 10.5. The Bertz CT molecular complexity index is 557. The maximum absolute atomic E-state index is 12.8. The van der Waals surface area contributed by atoms with Gasteiger partial charge in [-0.25, -0.2) is 17.5 Å². The molecule has 1 aliphatic rings. The summed E-state index contributed by atoms with van der Waals surface area (Å²) in [5, 5.41) is -0.344. The average Bonchev–Trinajstić information content (AvgIpc) is 2.50. The van der Waals surface area contributed by atoms with E-state index in [0.717, 1.165) is 5.56 Å². The van der Waals surface area contributed by atoms with Crippen LogP contribution in [-0.4, -0.2) is 51.9 Å². The highest BCUT2D eigenvalue weighted by Crippen LogP contribution is 2.14. The molecule has 0 radical (unpaired) electrons. The number of likely N-dealkylation sites (N-methyl/N-ethyl adjacent to an activating group) is 1. The quantitative estimate of drug-likeness (QED) is 0.820. The van der Waals surface area contributed by atoms with Crippen LogP contribution in [0.3, 0.4) is 0 Å². The number of hydrogen-bond acceptors (Lipinski definition) is 4. The average molecular weight is 330 g/mol. The van der Waals surface area contributed by atoms with Crippen molar-refractivity contribution < 1.29 is 17.5 Å². The van der Waals surface area contributed by atoms with Gasteiger partial charge in [-0.3, -0.25) is 0 Å². The van der Waals surface area contributed by atoms with Crippen molar-refractivity contribution >= 4 is 10.0 Å². The Morgan fingerprint density at radius 1 is 1.27 bits per heavy atom. The van der Waals surface area contributed by atoms with Crippen molar-refractivity contribution in [3.05, 3.63) is 35.6 Å². The fourth-order valence-electron chi connectivity index (χ4n) is 2.46. The summed E-state index contributed by atoms with van der Waals surface area (Å²) in [6.45, 7) is 2.64. The molecule has 1 aromatic rings. The fourth-order valence-corrected chi connectivity index (χ4v) is 3.89. The van der Waals surface area contributed by atoms with E-state index in [0.29, 0.717) is 45.7 Å². The zero-order valence-electron chi connectivity index (χ0n) is 12.8. The Labute approximate surface area is 131 Å². The lowest BCUT2D eigenvalue weighted by molar-refractivity contribution is 0.0981. The van der Waals surface area contributed by atoms with Gasteiger partial charge in [0, 0.05) is 32.8 Å². The van der Waals surface area contributed by atoms with Gasteiger partial charge < -0.3 is 9.64 Å². The van der Waals surface area contributed by atoms with E-state index in [4.69, 9.17) is 4.74 Å². The number of sulfonamides is 1. The van der Waals surface area contributed by atoms with Gasteiger partial charge in [-0.15, -0.1) is 0 Å². The van der Waals surface area contributed by atoms with E-state index < -0.39 is 10.0 Å². The maximum atomic E-state index is 12.8. The second kappa shape index (κ2) is 8.01. The maximum Gasteiger partial charge on any atom is 0.214 e. The molecular formula is C15H23FN2O3S. The summed E-state index contributed by atoms with van der Waals surface area (Å²) in [7, 11) is -1.35. The van der Waals surface area contributed by atoms with Crippen molar-refractivity contribution in [2.75, 3.05) is 33.4 Å². The molecule has 1 aromatic carbocycles. The molecule has 1 saturated heterocycles. The second-order valence-corrected chi connectivity index (χ2v) is 7.66. The predicted molar refractivity (Wildman–Crippen MR) is 83.5 cm³/mol. The van der Waals surface area contributed by atoms with E-state index in [9.17, 15) is 12.8 Å². The first kappa shape index (κ1) is 17.3. The largest absolute Gasteiger partial charge is 0.381 e. The molecule has 0 aliphatic carbocycles. The van der Waals surface area contributed by atoms with Crippen LogP contribution in [0.25, 0.3) is 0 Å². The van der Waals surface area contributed by atoms with Crippen LogP contribution >= 0.6 is 0 Å². The molecule has 0 amide bonds. The molecule has 0 aromatic heterocycles. The molecule has 1 fully saturated rings. The summed E-state index contributed by atoms with van der Waals surface area (Å²) < 4.78 is 45.0. The molecule has 22 heavy (non-hydrogen) atoms. The highest BCUT2D eigenvalue weighted by molar-refractivity contribution is 7.90. The molecule has 1 N–H and O–H groups in total. The number of hydrogen-bond donors (Lipinski definition) is 1. The molecule has 1 heterocycles. The Morgan fingerprint density at radius 2 is 1.91 bits per heavy atom. The van der Waals surface area contributed by atoms with E-state index >= 15 is 0 Å². The first-order valence-corrected chi connectivity index (χ1v) is 9.01. The number of benzene rings is 1. The number of nitrogens with zero attached hydrogens (tertiary/aromatic N) is 1. The van der Waals surface area contributed by atoms with E-state index in [-0.39, 0.29) is 11.1 Å². The normalized spacial score (nSPS) is 17.0. The van der Waals surface area contributed by atoms with E-state index in [1.54, 1.807) is 12.1 Å². The minimum absolute atomic E-state index is 0.254. The first-order valence-electron chi connectivity index (χ1n) is 7.46. The Balaban J connectivity index is 1.74. The SMILES string of the molecule is CN(CCNS(=O)(=O)C1CCOCC1)Cc1ccc(F)cc1. The number of halogens is 1. The summed E-state index contributed by atoms with van der Waals surface area (Å²) >= 11 is 0. The molecule has 124 valence electrons. The molecule has 0 bridgehead atoms. The molecule has 0 spiro atoms. The summed E-state index contributed by atoms with van der Waals surface area (Å²) in [6.07, 6.45) is 1.11. The minimum Gasteiger partial charge on any atom is -0.381 e. The van der Waals surface area contributed by atoms with Crippen LogP contribution in [0, 0.1) is 5.82 Å². The highest BCUT2D eigenvalue weighted by Gasteiger charge is 2.27. The van der Waals surface area contributed by atoms with Crippen molar-refractivity contribution in [1.29, 1.82) is 0 Å². The third kappa shape index (κ3) is 5.31. The van der Waals surface area contributed by atoms with Crippen LogP contribution in [0.2, 0.25) is 0 Å². The molecule has 5 nitrogen and oxygen atoms in total.